The second-order valence-corrected chi connectivity index (χ2v) is 14.4. The van der Waals surface area contributed by atoms with Crippen molar-refractivity contribution in [1.29, 1.82) is 0 Å². The van der Waals surface area contributed by atoms with Gasteiger partial charge < -0.3 is 32.3 Å². The minimum Gasteiger partial charge on any atom is -0.398 e. The van der Waals surface area contributed by atoms with Crippen molar-refractivity contribution in [2.45, 2.75) is 27.7 Å². The van der Waals surface area contributed by atoms with Crippen molar-refractivity contribution in [3.8, 4) is 0 Å². The summed E-state index contributed by atoms with van der Waals surface area (Å²) in [6, 6.07) is 31.4. The summed E-state index contributed by atoms with van der Waals surface area (Å²) in [6.45, 7) is 6.55. The highest BCUT2D eigenvalue weighted by molar-refractivity contribution is 6.33. The number of benzene rings is 6. The van der Waals surface area contributed by atoms with E-state index in [2.05, 4.69) is 16.0 Å². The first-order valence-electron chi connectivity index (χ1n) is 18.6. The number of hydrogen-bond donors (Lipinski definition) is 5. The highest BCUT2D eigenvalue weighted by atomic mass is 16.2. The number of anilines is 8. The maximum absolute atomic E-state index is 13.3. The minimum absolute atomic E-state index is 0.0679. The average Bonchev–Trinajstić information content (AvgIpc) is 3.22. The summed E-state index contributed by atoms with van der Waals surface area (Å²) in [7, 11) is 1.70. The number of nitrogen functional groups attached to an aromatic ring is 2. The minimum atomic E-state index is -0.250. The van der Waals surface area contributed by atoms with E-state index in [9.17, 15) is 28.8 Å². The molecule has 0 heterocycles. The van der Waals surface area contributed by atoms with Crippen LogP contribution in [0.5, 0.6) is 0 Å². The summed E-state index contributed by atoms with van der Waals surface area (Å²) in [5.74, 6) is -1.19. The van der Waals surface area contributed by atoms with Crippen LogP contribution in [0.4, 0.5) is 45.5 Å². The fraction of sp³-hybridized carbons (Fsp3) is 0.106. The Labute approximate surface area is 340 Å². The van der Waals surface area contributed by atoms with Crippen molar-refractivity contribution in [2.24, 2.45) is 0 Å². The first-order chi connectivity index (χ1) is 28.2. The number of aryl methyl sites for hydroxylation is 2. The van der Waals surface area contributed by atoms with Gasteiger partial charge in [-0.05, 0) is 85.6 Å². The van der Waals surface area contributed by atoms with Gasteiger partial charge >= 0.3 is 0 Å². The molecular formula is C47H40N6O6. The van der Waals surface area contributed by atoms with Crippen LogP contribution in [0.3, 0.4) is 0 Å². The highest BCUT2D eigenvalue weighted by Gasteiger charge is 2.35. The second kappa shape index (κ2) is 15.6. The molecule has 59 heavy (non-hydrogen) atoms. The molecule has 2 aliphatic carbocycles. The summed E-state index contributed by atoms with van der Waals surface area (Å²) in [5, 5.41) is 9.17. The highest BCUT2D eigenvalue weighted by Crippen LogP contribution is 2.40. The van der Waals surface area contributed by atoms with Gasteiger partial charge in [0.25, 0.3) is 0 Å². The third-order valence-electron chi connectivity index (χ3n) is 10.4. The summed E-state index contributed by atoms with van der Waals surface area (Å²) < 4.78 is 0. The van der Waals surface area contributed by atoms with Crippen LogP contribution < -0.4 is 32.3 Å². The standard InChI is InChI=1S/C24H21N3O3.C23H19N3O3/c1-13-12-19(26-15-8-10-16(11-9-15)27(3)14(2)28)20-21(22(13)25)24(30)18-7-5-4-6-17(18)23(20)29;1-12-11-18(26-15-9-7-14(8-10-15)25-13(2)27)19-20(21(12)24)23(29)17-6-4-3-5-16(17)22(19)28/h4-12,26H,25H2,1-3H3;3-11,26H,24H2,1-2H3,(H,25,27). The summed E-state index contributed by atoms with van der Waals surface area (Å²) >= 11 is 0. The van der Waals surface area contributed by atoms with E-state index in [0.29, 0.717) is 67.5 Å². The molecule has 0 aliphatic heterocycles. The number of hydrogen-bond acceptors (Lipinski definition) is 10. The molecule has 7 N–H and O–H groups in total. The number of nitrogens with two attached hydrogens (primary N) is 2. The van der Waals surface area contributed by atoms with Gasteiger partial charge in [-0.15, -0.1) is 0 Å². The molecule has 8 rings (SSSR count). The zero-order valence-electron chi connectivity index (χ0n) is 32.9. The van der Waals surface area contributed by atoms with Crippen molar-refractivity contribution in [1.82, 2.24) is 0 Å². The Bertz CT molecular complexity index is 2770. The number of amides is 2. The SMILES string of the molecule is CC(=O)N(C)c1ccc(Nc2cc(C)c(N)c3c2C(=O)c2ccccc2C3=O)cc1.CC(=O)Nc1ccc(Nc2cc(C)c(N)c3c2C(=O)c2ccccc2C3=O)cc1. The molecule has 0 aromatic heterocycles. The molecule has 12 heteroatoms. The van der Waals surface area contributed by atoms with E-state index in [1.807, 2.05) is 31.2 Å². The molecule has 12 nitrogen and oxygen atoms in total. The Morgan fingerprint density at radius 2 is 0.847 bits per heavy atom. The molecule has 6 aromatic carbocycles. The summed E-state index contributed by atoms with van der Waals surface area (Å²) in [4.78, 5) is 76.9. The van der Waals surface area contributed by atoms with Gasteiger partial charge in [0.15, 0.2) is 23.1 Å². The molecule has 2 aliphatic rings. The molecule has 294 valence electrons. The van der Waals surface area contributed by atoms with Gasteiger partial charge in [-0.25, -0.2) is 0 Å². The number of nitrogens with zero attached hydrogens (tertiary/aromatic N) is 1. The lowest BCUT2D eigenvalue weighted by Gasteiger charge is -2.23. The number of ketones is 4. The van der Waals surface area contributed by atoms with E-state index in [4.69, 9.17) is 11.5 Å². The maximum atomic E-state index is 13.3. The second-order valence-electron chi connectivity index (χ2n) is 14.4. The molecule has 6 aromatic rings. The smallest absolute Gasteiger partial charge is 0.223 e. The van der Waals surface area contributed by atoms with Gasteiger partial charge in [-0.3, -0.25) is 28.8 Å². The Hall–Kier alpha value is -7.86. The lowest BCUT2D eigenvalue weighted by Crippen LogP contribution is -2.24. The monoisotopic (exact) mass is 784 g/mol. The van der Waals surface area contributed by atoms with Crippen LogP contribution in [0.1, 0.15) is 88.7 Å². The molecule has 0 atom stereocenters. The average molecular weight is 785 g/mol. The van der Waals surface area contributed by atoms with Crippen molar-refractivity contribution >= 4 is 80.4 Å². The van der Waals surface area contributed by atoms with Crippen molar-refractivity contribution in [3.63, 3.8) is 0 Å². The lowest BCUT2D eigenvalue weighted by atomic mass is 9.81. The fourth-order valence-electron chi connectivity index (χ4n) is 7.20. The number of carbonyl (C=O) groups excluding carboxylic acids is 6. The molecule has 0 radical (unpaired) electrons. The predicted molar refractivity (Wildman–Crippen MR) is 231 cm³/mol. The number of fused-ring (bicyclic) bond motifs is 4. The number of carbonyl (C=O) groups is 6. The van der Waals surface area contributed by atoms with E-state index >= 15 is 0 Å². The van der Waals surface area contributed by atoms with Crippen LogP contribution in [0.25, 0.3) is 0 Å². The van der Waals surface area contributed by atoms with E-state index in [1.165, 1.54) is 18.7 Å². The van der Waals surface area contributed by atoms with Gasteiger partial charge in [-0.2, -0.15) is 0 Å². The van der Waals surface area contributed by atoms with Gasteiger partial charge in [0.05, 0.1) is 33.6 Å². The Balaban J connectivity index is 0.000000179. The van der Waals surface area contributed by atoms with E-state index in [0.717, 1.165) is 11.4 Å². The van der Waals surface area contributed by atoms with Gasteiger partial charge in [0.1, 0.15) is 0 Å². The largest absolute Gasteiger partial charge is 0.398 e. The lowest BCUT2D eigenvalue weighted by molar-refractivity contribution is -0.116. The quantitative estimate of drug-likeness (QED) is 0.103. The van der Waals surface area contributed by atoms with Crippen molar-refractivity contribution in [2.75, 3.05) is 39.4 Å². The number of nitrogens with one attached hydrogen (secondary N) is 3. The zero-order valence-corrected chi connectivity index (χ0v) is 32.9. The van der Waals surface area contributed by atoms with Crippen molar-refractivity contribution in [3.05, 3.63) is 165 Å². The van der Waals surface area contributed by atoms with E-state index < -0.39 is 0 Å². The van der Waals surface area contributed by atoms with E-state index in [-0.39, 0.29) is 57.2 Å². The van der Waals surface area contributed by atoms with Crippen LogP contribution in [-0.2, 0) is 9.59 Å². The topological polar surface area (TPSA) is 194 Å². The summed E-state index contributed by atoms with van der Waals surface area (Å²) in [6.07, 6.45) is 0. The van der Waals surface area contributed by atoms with Gasteiger partial charge in [0.2, 0.25) is 11.8 Å². The van der Waals surface area contributed by atoms with Crippen LogP contribution in [0.2, 0.25) is 0 Å². The van der Waals surface area contributed by atoms with Crippen LogP contribution in [0, 0.1) is 13.8 Å². The summed E-state index contributed by atoms with van der Waals surface area (Å²) in [5.41, 5.74) is 20.9. The molecule has 0 bridgehead atoms. The fourth-order valence-corrected chi connectivity index (χ4v) is 7.20. The maximum Gasteiger partial charge on any atom is 0.223 e. The molecule has 0 saturated heterocycles. The van der Waals surface area contributed by atoms with Gasteiger partial charge in [-0.1, -0.05) is 48.5 Å². The normalized spacial score (nSPS) is 12.2. The van der Waals surface area contributed by atoms with Gasteiger partial charge in [0, 0.05) is 77.3 Å². The molecule has 0 spiro atoms. The van der Waals surface area contributed by atoms with Crippen LogP contribution in [0.15, 0.2) is 109 Å². The zero-order chi connectivity index (χ0) is 42.3. The van der Waals surface area contributed by atoms with Crippen molar-refractivity contribution < 1.29 is 28.8 Å². The Morgan fingerprint density at radius 1 is 0.508 bits per heavy atom. The molecule has 0 saturated carbocycles. The first-order valence-corrected chi connectivity index (χ1v) is 18.6. The van der Waals surface area contributed by atoms with E-state index in [1.54, 1.807) is 98.9 Å². The first kappa shape index (κ1) is 39.4. The third-order valence-corrected chi connectivity index (χ3v) is 10.4. The number of rotatable bonds is 6. The van der Waals surface area contributed by atoms with Crippen LogP contribution >= 0.6 is 0 Å². The third kappa shape index (κ3) is 7.30. The van der Waals surface area contributed by atoms with Crippen LogP contribution in [-0.4, -0.2) is 42.0 Å². The molecular weight excluding hydrogens is 745 g/mol. The molecule has 0 fully saturated rings. The Morgan fingerprint density at radius 3 is 1.20 bits per heavy atom. The Kier molecular flexibility index (Phi) is 10.4. The molecule has 0 unspecified atom stereocenters. The molecule has 2 amide bonds. The predicted octanol–water partition coefficient (Wildman–Crippen LogP) is 8.13.